The van der Waals surface area contributed by atoms with Crippen LogP contribution in [-0.4, -0.2) is 19.1 Å². The first kappa shape index (κ1) is 12.2. The summed E-state index contributed by atoms with van der Waals surface area (Å²) in [5.41, 5.74) is 4.63. The van der Waals surface area contributed by atoms with Crippen LogP contribution in [-0.2, 0) is 19.4 Å². The quantitative estimate of drug-likeness (QED) is 0.850. The van der Waals surface area contributed by atoms with Gasteiger partial charge in [-0.1, -0.05) is 18.2 Å². The van der Waals surface area contributed by atoms with E-state index in [9.17, 15) is 0 Å². The average molecular weight is 244 g/mol. The fourth-order valence-corrected chi connectivity index (χ4v) is 3.22. The van der Waals surface area contributed by atoms with Crippen LogP contribution in [0.5, 0.6) is 0 Å². The summed E-state index contributed by atoms with van der Waals surface area (Å²) in [6.07, 6.45) is 7.98. The Hall–Kier alpha value is -0.860. The molecule has 0 bridgehead atoms. The van der Waals surface area contributed by atoms with Gasteiger partial charge < -0.3 is 10.6 Å². The van der Waals surface area contributed by atoms with Gasteiger partial charge in [0.1, 0.15) is 0 Å². The van der Waals surface area contributed by atoms with Gasteiger partial charge in [-0.3, -0.25) is 0 Å². The maximum absolute atomic E-state index is 3.59. The molecule has 0 aromatic heterocycles. The van der Waals surface area contributed by atoms with Gasteiger partial charge in [0.2, 0.25) is 0 Å². The van der Waals surface area contributed by atoms with Gasteiger partial charge in [0, 0.05) is 19.1 Å². The van der Waals surface area contributed by atoms with Crippen LogP contribution >= 0.6 is 0 Å². The lowest BCUT2D eigenvalue weighted by atomic mass is 9.90. The molecule has 0 radical (unpaired) electrons. The van der Waals surface area contributed by atoms with Crippen LogP contribution in [0.1, 0.15) is 42.4 Å². The molecular formula is C16H24N2. The lowest BCUT2D eigenvalue weighted by molar-refractivity contribution is 0.535. The van der Waals surface area contributed by atoms with Gasteiger partial charge in [0.15, 0.2) is 0 Å². The van der Waals surface area contributed by atoms with E-state index in [2.05, 4.69) is 28.8 Å². The molecule has 2 heteroatoms. The second kappa shape index (κ2) is 5.85. The predicted octanol–water partition coefficient (Wildman–Crippen LogP) is 2.41. The van der Waals surface area contributed by atoms with Gasteiger partial charge in [-0.2, -0.15) is 0 Å². The average Bonchev–Trinajstić information content (AvgIpc) is 2.92. The van der Waals surface area contributed by atoms with Crippen LogP contribution in [0.15, 0.2) is 18.2 Å². The Kier molecular flexibility index (Phi) is 3.96. The standard InChI is InChI=1S/C16H24N2/c1-2-5-15-10-13(7-8-14(15)4-1)11-17-12-16-6-3-9-18-16/h7-8,10,16-18H,1-6,9,11-12H2. The van der Waals surface area contributed by atoms with E-state index < -0.39 is 0 Å². The molecule has 1 aromatic carbocycles. The fraction of sp³-hybridized carbons (Fsp3) is 0.625. The summed E-state index contributed by atoms with van der Waals surface area (Å²) < 4.78 is 0. The molecule has 1 unspecified atom stereocenters. The molecule has 0 amide bonds. The van der Waals surface area contributed by atoms with Gasteiger partial charge >= 0.3 is 0 Å². The predicted molar refractivity (Wildman–Crippen MR) is 75.8 cm³/mol. The summed E-state index contributed by atoms with van der Waals surface area (Å²) in [5, 5.41) is 7.12. The monoisotopic (exact) mass is 244 g/mol. The summed E-state index contributed by atoms with van der Waals surface area (Å²) in [6.45, 7) is 3.33. The van der Waals surface area contributed by atoms with Crippen molar-refractivity contribution in [1.82, 2.24) is 10.6 Å². The SMILES string of the molecule is c1cc2c(cc1CNCC1CCCN1)CCCC2. The summed E-state index contributed by atoms with van der Waals surface area (Å²) >= 11 is 0. The highest BCUT2D eigenvalue weighted by molar-refractivity contribution is 5.33. The van der Waals surface area contributed by atoms with Gasteiger partial charge in [-0.05, 0) is 61.8 Å². The van der Waals surface area contributed by atoms with E-state index in [-0.39, 0.29) is 0 Å². The normalized spacial score (nSPS) is 23.0. The highest BCUT2D eigenvalue weighted by Crippen LogP contribution is 2.22. The molecule has 1 aliphatic heterocycles. The number of benzene rings is 1. The van der Waals surface area contributed by atoms with Crippen molar-refractivity contribution in [3.05, 3.63) is 34.9 Å². The number of nitrogens with one attached hydrogen (secondary N) is 2. The Morgan fingerprint density at radius 1 is 1.11 bits per heavy atom. The number of hydrogen-bond donors (Lipinski definition) is 2. The van der Waals surface area contributed by atoms with Crippen LogP contribution in [0.3, 0.4) is 0 Å². The topological polar surface area (TPSA) is 24.1 Å². The molecule has 0 spiro atoms. The smallest absolute Gasteiger partial charge is 0.0206 e. The van der Waals surface area contributed by atoms with Gasteiger partial charge in [-0.15, -0.1) is 0 Å². The van der Waals surface area contributed by atoms with Gasteiger partial charge in [-0.25, -0.2) is 0 Å². The van der Waals surface area contributed by atoms with Crippen molar-refractivity contribution in [2.45, 2.75) is 51.1 Å². The first-order chi connectivity index (χ1) is 8.92. The zero-order chi connectivity index (χ0) is 12.2. The number of hydrogen-bond acceptors (Lipinski definition) is 2. The highest BCUT2D eigenvalue weighted by Gasteiger charge is 2.13. The largest absolute Gasteiger partial charge is 0.313 e. The van der Waals surface area contributed by atoms with E-state index in [1.165, 1.54) is 50.6 Å². The number of aryl methyl sites for hydroxylation is 2. The summed E-state index contributed by atoms with van der Waals surface area (Å²) in [6, 6.07) is 7.77. The van der Waals surface area contributed by atoms with Gasteiger partial charge in [0.25, 0.3) is 0 Å². The molecule has 2 nitrogen and oxygen atoms in total. The van der Waals surface area contributed by atoms with Crippen LogP contribution in [0.25, 0.3) is 0 Å². The lowest BCUT2D eigenvalue weighted by Gasteiger charge is -2.17. The number of fused-ring (bicyclic) bond motifs is 1. The molecule has 1 aliphatic carbocycles. The maximum atomic E-state index is 3.59. The maximum Gasteiger partial charge on any atom is 0.0206 e. The second-order valence-corrected chi connectivity index (χ2v) is 5.73. The minimum Gasteiger partial charge on any atom is -0.313 e. The van der Waals surface area contributed by atoms with E-state index >= 15 is 0 Å². The molecule has 18 heavy (non-hydrogen) atoms. The third kappa shape index (κ3) is 2.93. The van der Waals surface area contributed by atoms with Gasteiger partial charge in [0.05, 0.1) is 0 Å². The van der Waals surface area contributed by atoms with E-state index in [1.807, 2.05) is 0 Å². The fourth-order valence-electron chi connectivity index (χ4n) is 3.22. The summed E-state index contributed by atoms with van der Waals surface area (Å²) in [7, 11) is 0. The van der Waals surface area contributed by atoms with E-state index in [1.54, 1.807) is 11.1 Å². The van der Waals surface area contributed by atoms with Crippen LogP contribution in [0, 0.1) is 0 Å². The van der Waals surface area contributed by atoms with E-state index in [0.717, 1.165) is 13.1 Å². The summed E-state index contributed by atoms with van der Waals surface area (Å²) in [4.78, 5) is 0. The second-order valence-electron chi connectivity index (χ2n) is 5.73. The lowest BCUT2D eigenvalue weighted by Crippen LogP contribution is -2.33. The third-order valence-electron chi connectivity index (χ3n) is 4.30. The van der Waals surface area contributed by atoms with E-state index in [4.69, 9.17) is 0 Å². The molecule has 2 aliphatic rings. The molecule has 1 fully saturated rings. The van der Waals surface area contributed by atoms with Crippen molar-refractivity contribution in [3.8, 4) is 0 Å². The van der Waals surface area contributed by atoms with Crippen LogP contribution in [0.2, 0.25) is 0 Å². The Morgan fingerprint density at radius 3 is 2.83 bits per heavy atom. The van der Waals surface area contributed by atoms with Crippen molar-refractivity contribution in [1.29, 1.82) is 0 Å². The van der Waals surface area contributed by atoms with Crippen molar-refractivity contribution >= 4 is 0 Å². The Balaban J connectivity index is 1.52. The highest BCUT2D eigenvalue weighted by atomic mass is 15.0. The minimum absolute atomic E-state index is 0.697. The molecule has 98 valence electrons. The molecule has 1 heterocycles. The van der Waals surface area contributed by atoms with Crippen molar-refractivity contribution in [3.63, 3.8) is 0 Å². The minimum atomic E-state index is 0.697. The molecule has 1 saturated heterocycles. The zero-order valence-electron chi connectivity index (χ0n) is 11.2. The van der Waals surface area contributed by atoms with E-state index in [0.29, 0.717) is 6.04 Å². The van der Waals surface area contributed by atoms with Crippen LogP contribution in [0.4, 0.5) is 0 Å². The summed E-state index contributed by atoms with van der Waals surface area (Å²) in [5.74, 6) is 0. The Morgan fingerprint density at radius 2 is 2.00 bits per heavy atom. The third-order valence-corrected chi connectivity index (χ3v) is 4.30. The zero-order valence-corrected chi connectivity index (χ0v) is 11.2. The number of rotatable bonds is 4. The van der Waals surface area contributed by atoms with Crippen molar-refractivity contribution in [2.75, 3.05) is 13.1 Å². The van der Waals surface area contributed by atoms with Crippen molar-refractivity contribution in [2.24, 2.45) is 0 Å². The first-order valence-corrected chi connectivity index (χ1v) is 7.46. The molecule has 2 N–H and O–H groups in total. The molecule has 0 saturated carbocycles. The molecule has 1 aromatic rings. The Bertz CT molecular complexity index is 394. The first-order valence-electron chi connectivity index (χ1n) is 7.46. The molecular weight excluding hydrogens is 220 g/mol. The molecule has 1 atom stereocenters. The van der Waals surface area contributed by atoms with Crippen LogP contribution < -0.4 is 10.6 Å². The van der Waals surface area contributed by atoms with Crippen molar-refractivity contribution < 1.29 is 0 Å². The Labute approximate surface area is 110 Å². The molecule has 3 rings (SSSR count).